The normalized spacial score (nSPS) is 25.1. The Bertz CT molecular complexity index is 937. The fraction of sp³-hybridized carbons (Fsp3) is 0.593. The average molecular weight is 424 g/mol. The maximum Gasteiger partial charge on any atom is 0.307 e. The lowest BCUT2D eigenvalue weighted by Crippen LogP contribution is -2.30. The maximum atomic E-state index is 11.2. The third kappa shape index (κ3) is 5.23. The van der Waals surface area contributed by atoms with Crippen LogP contribution in [-0.4, -0.2) is 35.2 Å². The predicted molar refractivity (Wildman–Crippen MR) is 126 cm³/mol. The summed E-state index contributed by atoms with van der Waals surface area (Å²) < 4.78 is 6.41. The Hall–Kier alpha value is -2.07. The molecule has 4 nitrogen and oxygen atoms in total. The number of ether oxygens (including phenoxy) is 1. The van der Waals surface area contributed by atoms with Crippen LogP contribution in [0, 0.1) is 24.2 Å². The summed E-state index contributed by atoms with van der Waals surface area (Å²) in [6.45, 7) is 11.5. The van der Waals surface area contributed by atoms with Crippen molar-refractivity contribution < 1.29 is 14.6 Å². The molecule has 2 aromatic carbocycles. The van der Waals surface area contributed by atoms with Gasteiger partial charge in [0.15, 0.2) is 0 Å². The summed E-state index contributed by atoms with van der Waals surface area (Å²) in [5, 5.41) is 11.7. The molecule has 2 aromatic rings. The number of carboxylic acids is 1. The quantitative estimate of drug-likeness (QED) is 0.637. The third-order valence-electron chi connectivity index (χ3n) is 7.43. The van der Waals surface area contributed by atoms with Crippen LogP contribution < -0.4 is 4.74 Å². The van der Waals surface area contributed by atoms with Crippen molar-refractivity contribution >= 4 is 16.7 Å². The fourth-order valence-corrected chi connectivity index (χ4v) is 5.40. The Morgan fingerprint density at radius 2 is 1.84 bits per heavy atom. The Labute approximate surface area is 186 Å². The molecule has 1 aliphatic carbocycles. The Morgan fingerprint density at radius 1 is 1.10 bits per heavy atom. The number of carbonyl (C=O) groups is 1. The summed E-state index contributed by atoms with van der Waals surface area (Å²) in [5.41, 5.74) is 2.88. The number of likely N-dealkylation sites (tertiary alicyclic amines) is 1. The molecule has 168 valence electrons. The van der Waals surface area contributed by atoms with E-state index in [0.717, 1.165) is 44.0 Å². The molecule has 2 aliphatic rings. The summed E-state index contributed by atoms with van der Waals surface area (Å²) in [5.74, 6) is 0.892. The van der Waals surface area contributed by atoms with E-state index >= 15 is 0 Å². The van der Waals surface area contributed by atoms with Crippen LogP contribution in [0.4, 0.5) is 0 Å². The summed E-state index contributed by atoms with van der Waals surface area (Å²) in [4.78, 5) is 13.5. The van der Waals surface area contributed by atoms with Gasteiger partial charge in [-0.25, -0.2) is 0 Å². The van der Waals surface area contributed by atoms with Crippen molar-refractivity contribution in [2.24, 2.45) is 17.3 Å². The Morgan fingerprint density at radius 3 is 2.48 bits per heavy atom. The van der Waals surface area contributed by atoms with Gasteiger partial charge in [0, 0.05) is 13.1 Å². The van der Waals surface area contributed by atoms with Gasteiger partial charge in [-0.3, -0.25) is 9.69 Å². The zero-order valence-electron chi connectivity index (χ0n) is 19.5. The predicted octanol–water partition coefficient (Wildman–Crippen LogP) is 6.04. The number of benzene rings is 2. The maximum absolute atomic E-state index is 11.2. The zero-order chi connectivity index (χ0) is 22.2. The number of fused-ring (bicyclic) bond motifs is 1. The highest BCUT2D eigenvalue weighted by molar-refractivity contribution is 5.87. The fourth-order valence-electron chi connectivity index (χ4n) is 5.40. The van der Waals surface area contributed by atoms with Crippen molar-refractivity contribution in [3.63, 3.8) is 0 Å². The molecule has 1 unspecified atom stereocenters. The first kappa shape index (κ1) is 22.1. The molecular weight excluding hydrogens is 386 g/mol. The van der Waals surface area contributed by atoms with E-state index in [4.69, 9.17) is 4.74 Å². The van der Waals surface area contributed by atoms with Gasteiger partial charge in [0.2, 0.25) is 0 Å². The van der Waals surface area contributed by atoms with E-state index in [1.807, 2.05) is 0 Å². The smallest absolute Gasteiger partial charge is 0.307 e. The molecule has 2 fully saturated rings. The molecule has 4 rings (SSSR count). The monoisotopic (exact) mass is 423 g/mol. The minimum atomic E-state index is -0.670. The van der Waals surface area contributed by atoms with Crippen LogP contribution in [0.25, 0.3) is 10.8 Å². The molecule has 1 N–H and O–H groups in total. The van der Waals surface area contributed by atoms with Crippen LogP contribution in [-0.2, 0) is 11.3 Å². The van der Waals surface area contributed by atoms with Gasteiger partial charge in [-0.15, -0.1) is 0 Å². The lowest BCUT2D eigenvalue weighted by molar-refractivity contribution is -0.141. The lowest BCUT2D eigenvalue weighted by Gasteiger charge is -2.37. The molecule has 1 saturated carbocycles. The topological polar surface area (TPSA) is 49.8 Å². The summed E-state index contributed by atoms with van der Waals surface area (Å²) >= 11 is 0. The average Bonchev–Trinajstić information content (AvgIpc) is 3.17. The van der Waals surface area contributed by atoms with E-state index in [9.17, 15) is 9.90 Å². The van der Waals surface area contributed by atoms with Crippen molar-refractivity contribution in [1.29, 1.82) is 0 Å². The highest BCUT2D eigenvalue weighted by Crippen LogP contribution is 2.39. The summed E-state index contributed by atoms with van der Waals surface area (Å²) in [6.07, 6.45) is 5.87. The zero-order valence-corrected chi connectivity index (χ0v) is 19.5. The van der Waals surface area contributed by atoms with Crippen molar-refractivity contribution in [3.05, 3.63) is 41.5 Å². The Kier molecular flexibility index (Phi) is 6.30. The third-order valence-corrected chi connectivity index (χ3v) is 7.43. The van der Waals surface area contributed by atoms with Crippen LogP contribution >= 0.6 is 0 Å². The first-order valence-corrected chi connectivity index (χ1v) is 11.8. The largest absolute Gasteiger partial charge is 0.490 e. The lowest BCUT2D eigenvalue weighted by atomic mass is 9.72. The second-order valence-electron chi connectivity index (χ2n) is 10.8. The van der Waals surface area contributed by atoms with Gasteiger partial charge in [-0.05, 0) is 97.0 Å². The van der Waals surface area contributed by atoms with E-state index in [2.05, 4.69) is 62.9 Å². The van der Waals surface area contributed by atoms with Gasteiger partial charge >= 0.3 is 5.97 Å². The van der Waals surface area contributed by atoms with E-state index < -0.39 is 5.97 Å². The number of nitrogens with zero attached hydrogens (tertiary/aromatic N) is 1. The van der Waals surface area contributed by atoms with E-state index in [-0.39, 0.29) is 5.92 Å². The van der Waals surface area contributed by atoms with Gasteiger partial charge < -0.3 is 9.84 Å². The first-order chi connectivity index (χ1) is 14.7. The standard InChI is InChI=1S/C27H37NO3/c1-18-13-24(31-23-9-7-22(8-10-23)27(2,3)4)15-20-6-5-19(14-25(18)20)16-28-12-11-21(17-28)26(29)30/h5-6,13-15,21-23H,7-12,16-17H2,1-4H3,(H,29,30)/t21?,22-,23-. The van der Waals surface area contributed by atoms with Gasteiger partial charge in [0.05, 0.1) is 12.0 Å². The minimum absolute atomic E-state index is 0.222. The van der Waals surface area contributed by atoms with E-state index in [0.29, 0.717) is 18.1 Å². The molecule has 1 aliphatic heterocycles. The second-order valence-corrected chi connectivity index (χ2v) is 10.8. The van der Waals surface area contributed by atoms with Gasteiger partial charge in [-0.1, -0.05) is 32.9 Å². The number of aliphatic carboxylic acids is 1. The molecule has 1 atom stereocenters. The van der Waals surface area contributed by atoms with Gasteiger partial charge in [0.1, 0.15) is 5.75 Å². The van der Waals surface area contributed by atoms with Crippen molar-refractivity contribution in [2.75, 3.05) is 13.1 Å². The number of hydrogen-bond donors (Lipinski definition) is 1. The summed E-state index contributed by atoms with van der Waals surface area (Å²) in [6, 6.07) is 11.0. The molecule has 0 spiro atoms. The van der Waals surface area contributed by atoms with Crippen LogP contribution in [0.15, 0.2) is 30.3 Å². The Balaban J connectivity index is 1.41. The van der Waals surface area contributed by atoms with E-state index in [1.165, 1.54) is 34.7 Å². The minimum Gasteiger partial charge on any atom is -0.490 e. The molecule has 0 aromatic heterocycles. The number of rotatable bonds is 5. The number of carboxylic acid groups (broad SMARTS) is 1. The molecule has 0 bridgehead atoms. The van der Waals surface area contributed by atoms with E-state index in [1.54, 1.807) is 0 Å². The van der Waals surface area contributed by atoms with Crippen LogP contribution in [0.1, 0.15) is 64.0 Å². The SMILES string of the molecule is Cc1cc(O[C@H]2CC[C@H](C(C)(C)C)CC2)cc2ccc(CN3CCC(C(=O)O)C3)cc12. The highest BCUT2D eigenvalue weighted by atomic mass is 16.5. The molecule has 31 heavy (non-hydrogen) atoms. The summed E-state index contributed by atoms with van der Waals surface area (Å²) in [7, 11) is 0. The highest BCUT2D eigenvalue weighted by Gasteiger charge is 2.30. The van der Waals surface area contributed by atoms with Crippen LogP contribution in [0.5, 0.6) is 5.75 Å². The molecule has 0 radical (unpaired) electrons. The number of aryl methyl sites for hydroxylation is 1. The molecular formula is C27H37NO3. The number of hydrogen-bond acceptors (Lipinski definition) is 3. The van der Waals surface area contributed by atoms with Crippen LogP contribution in [0.2, 0.25) is 0 Å². The molecule has 4 heteroatoms. The molecule has 1 saturated heterocycles. The second kappa shape index (κ2) is 8.82. The first-order valence-electron chi connectivity index (χ1n) is 11.8. The van der Waals surface area contributed by atoms with Crippen molar-refractivity contribution in [1.82, 2.24) is 4.90 Å². The molecule has 0 amide bonds. The molecule has 1 heterocycles. The van der Waals surface area contributed by atoms with Crippen molar-refractivity contribution in [2.45, 2.75) is 72.4 Å². The van der Waals surface area contributed by atoms with Crippen molar-refractivity contribution in [3.8, 4) is 5.75 Å². The van der Waals surface area contributed by atoms with Gasteiger partial charge in [-0.2, -0.15) is 0 Å². The van der Waals surface area contributed by atoms with Crippen LogP contribution in [0.3, 0.4) is 0 Å². The van der Waals surface area contributed by atoms with Gasteiger partial charge in [0.25, 0.3) is 0 Å².